The van der Waals surface area contributed by atoms with Gasteiger partial charge in [-0.3, -0.25) is 0 Å². The number of carboxylic acid groups (broad SMARTS) is 2. The van der Waals surface area contributed by atoms with Crippen molar-refractivity contribution in [2.24, 2.45) is 0 Å². The van der Waals surface area contributed by atoms with E-state index >= 15 is 0 Å². The first-order valence-corrected chi connectivity index (χ1v) is 8.13. The van der Waals surface area contributed by atoms with Crippen molar-refractivity contribution in [1.29, 1.82) is 0 Å². The predicted molar refractivity (Wildman–Crippen MR) is 99.8 cm³/mol. The lowest BCUT2D eigenvalue weighted by molar-refractivity contribution is 0.143. The Labute approximate surface area is 157 Å². The fraction of sp³-hybridized carbons (Fsp3) is 0. The third kappa shape index (κ3) is 3.26. The van der Waals surface area contributed by atoms with Crippen LogP contribution in [0.3, 0.4) is 0 Å². The summed E-state index contributed by atoms with van der Waals surface area (Å²) in [7, 11) is 0. The van der Waals surface area contributed by atoms with E-state index in [0.29, 0.717) is 33.2 Å². The molecule has 2 heterocycles. The molecule has 0 amide bonds. The van der Waals surface area contributed by atoms with Crippen molar-refractivity contribution in [3.05, 3.63) is 60.7 Å². The third-order valence-electron chi connectivity index (χ3n) is 4.01. The normalized spacial score (nSPS) is 10.7. The third-order valence-corrected chi connectivity index (χ3v) is 4.01. The molecule has 0 unspecified atom stereocenters. The molecule has 8 heteroatoms. The molecule has 4 aromatic rings. The molecule has 0 bridgehead atoms. The monoisotopic (exact) mass is 376 g/mol. The molecule has 2 aromatic carbocycles. The maximum Gasteiger partial charge on any atom is 0.511 e. The molecule has 138 valence electrons. The number of fused-ring (bicyclic) bond motifs is 2. The van der Waals surface area contributed by atoms with Gasteiger partial charge in [0.15, 0.2) is 0 Å². The summed E-state index contributed by atoms with van der Waals surface area (Å²) in [5.41, 5.74) is 1.64. The van der Waals surface area contributed by atoms with E-state index in [1.165, 1.54) is 12.1 Å². The summed E-state index contributed by atoms with van der Waals surface area (Å²) in [6.45, 7) is 0. The van der Waals surface area contributed by atoms with Gasteiger partial charge in [0.2, 0.25) is 0 Å². The van der Waals surface area contributed by atoms with Gasteiger partial charge in [-0.15, -0.1) is 0 Å². The maximum absolute atomic E-state index is 11.1. The Morgan fingerprint density at radius 1 is 0.679 bits per heavy atom. The van der Waals surface area contributed by atoms with Crippen LogP contribution in [-0.2, 0) is 0 Å². The lowest BCUT2D eigenvalue weighted by Crippen LogP contribution is -2.05. The van der Waals surface area contributed by atoms with Gasteiger partial charge in [-0.25, -0.2) is 19.6 Å². The van der Waals surface area contributed by atoms with Crippen LogP contribution in [0.25, 0.3) is 33.2 Å². The largest absolute Gasteiger partial charge is 0.511 e. The lowest BCUT2D eigenvalue weighted by Gasteiger charge is -2.11. The Kier molecular flexibility index (Phi) is 4.21. The Morgan fingerprint density at radius 3 is 1.46 bits per heavy atom. The van der Waals surface area contributed by atoms with Crippen LogP contribution in [0.1, 0.15) is 0 Å². The van der Waals surface area contributed by atoms with Crippen molar-refractivity contribution < 1.29 is 29.3 Å². The van der Waals surface area contributed by atoms with Crippen LogP contribution in [0.5, 0.6) is 11.5 Å². The molecule has 0 aliphatic heterocycles. The SMILES string of the molecule is O=C(O)Oc1cc(-c2cc(OC(=O)O)c3ccccc3n2)nc2ccccc12. The summed E-state index contributed by atoms with van der Waals surface area (Å²) in [4.78, 5) is 31.1. The summed E-state index contributed by atoms with van der Waals surface area (Å²) in [5.74, 6) is 0.201. The quantitative estimate of drug-likeness (QED) is 0.499. The molecule has 0 atom stereocenters. The summed E-state index contributed by atoms with van der Waals surface area (Å²) in [6.07, 6.45) is -2.91. The zero-order chi connectivity index (χ0) is 19.7. The molecular formula is C20H12N2O6. The number of hydrogen-bond donors (Lipinski definition) is 2. The Bertz CT molecular complexity index is 1140. The number of aromatic nitrogens is 2. The Hall–Kier alpha value is -4.20. The fourth-order valence-corrected chi connectivity index (χ4v) is 2.91. The van der Waals surface area contributed by atoms with Crippen LogP contribution in [0.4, 0.5) is 9.59 Å². The molecule has 28 heavy (non-hydrogen) atoms. The van der Waals surface area contributed by atoms with Crippen molar-refractivity contribution in [3.63, 3.8) is 0 Å². The average molecular weight is 376 g/mol. The van der Waals surface area contributed by atoms with E-state index in [-0.39, 0.29) is 11.5 Å². The van der Waals surface area contributed by atoms with E-state index in [4.69, 9.17) is 19.7 Å². The molecule has 4 rings (SSSR count). The van der Waals surface area contributed by atoms with E-state index in [9.17, 15) is 9.59 Å². The molecule has 0 radical (unpaired) electrons. The van der Waals surface area contributed by atoms with Crippen molar-refractivity contribution in [2.75, 3.05) is 0 Å². The van der Waals surface area contributed by atoms with Gasteiger partial charge in [0.05, 0.1) is 22.4 Å². The fourth-order valence-electron chi connectivity index (χ4n) is 2.91. The highest BCUT2D eigenvalue weighted by Gasteiger charge is 2.15. The molecule has 2 N–H and O–H groups in total. The van der Waals surface area contributed by atoms with Gasteiger partial charge >= 0.3 is 12.3 Å². The number of pyridine rings is 2. The topological polar surface area (TPSA) is 119 Å². The van der Waals surface area contributed by atoms with Gasteiger partial charge in [0, 0.05) is 22.9 Å². The minimum absolute atomic E-state index is 0.101. The van der Waals surface area contributed by atoms with Gasteiger partial charge in [-0.05, 0) is 24.3 Å². The Balaban J connectivity index is 1.95. The van der Waals surface area contributed by atoms with E-state index in [2.05, 4.69) is 9.97 Å². The number of nitrogens with zero attached hydrogens (tertiary/aromatic N) is 2. The van der Waals surface area contributed by atoms with E-state index in [1.807, 2.05) is 0 Å². The number of hydrogen-bond acceptors (Lipinski definition) is 6. The summed E-state index contributed by atoms with van der Waals surface area (Å²) < 4.78 is 9.79. The predicted octanol–water partition coefficient (Wildman–Crippen LogP) is 4.56. The highest BCUT2D eigenvalue weighted by molar-refractivity contribution is 5.92. The number of para-hydroxylation sites is 2. The summed E-state index contributed by atoms with van der Waals surface area (Å²) in [6, 6.07) is 16.7. The average Bonchev–Trinajstić information content (AvgIpc) is 2.67. The molecule has 0 aliphatic carbocycles. The van der Waals surface area contributed by atoms with Gasteiger partial charge in [0.1, 0.15) is 11.5 Å². The smallest absolute Gasteiger partial charge is 0.449 e. The summed E-state index contributed by atoms with van der Waals surface area (Å²) in [5, 5.41) is 19.1. The molecule has 0 saturated heterocycles. The second-order valence-electron chi connectivity index (χ2n) is 5.78. The first kappa shape index (κ1) is 17.2. The highest BCUT2D eigenvalue weighted by atomic mass is 16.7. The van der Waals surface area contributed by atoms with Gasteiger partial charge < -0.3 is 19.7 Å². The zero-order valence-corrected chi connectivity index (χ0v) is 14.2. The van der Waals surface area contributed by atoms with Gasteiger partial charge in [-0.1, -0.05) is 24.3 Å². The standard InChI is InChI=1S/C20H12N2O6/c23-19(24)27-17-9-15(21-13-7-3-1-5-11(13)17)16-10-18(28-20(25)26)12-6-2-4-8-14(12)22-16/h1-10H,(H,23,24)(H,25,26). The minimum atomic E-state index is -1.45. The number of ether oxygens (including phenoxy) is 2. The van der Waals surface area contributed by atoms with Crippen LogP contribution < -0.4 is 9.47 Å². The number of rotatable bonds is 3. The molecule has 0 aliphatic rings. The van der Waals surface area contributed by atoms with Gasteiger partial charge in [0.25, 0.3) is 0 Å². The minimum Gasteiger partial charge on any atom is -0.449 e. The molecule has 0 saturated carbocycles. The van der Waals surface area contributed by atoms with Crippen LogP contribution in [-0.4, -0.2) is 32.5 Å². The van der Waals surface area contributed by atoms with Crippen LogP contribution in [0.2, 0.25) is 0 Å². The second kappa shape index (κ2) is 6.84. The maximum atomic E-state index is 11.1. The van der Waals surface area contributed by atoms with Crippen molar-refractivity contribution in [3.8, 4) is 22.9 Å². The summed E-state index contributed by atoms with van der Waals surface area (Å²) >= 11 is 0. The Morgan fingerprint density at radius 2 is 1.07 bits per heavy atom. The number of carbonyl (C=O) groups is 2. The first-order valence-electron chi connectivity index (χ1n) is 8.13. The van der Waals surface area contributed by atoms with Gasteiger partial charge in [-0.2, -0.15) is 0 Å². The molecular weight excluding hydrogens is 364 g/mol. The molecule has 2 aromatic heterocycles. The lowest BCUT2D eigenvalue weighted by atomic mass is 10.1. The molecule has 0 fully saturated rings. The molecule has 0 spiro atoms. The van der Waals surface area contributed by atoms with Crippen LogP contribution in [0.15, 0.2) is 60.7 Å². The van der Waals surface area contributed by atoms with Crippen LogP contribution in [0, 0.1) is 0 Å². The van der Waals surface area contributed by atoms with E-state index in [0.717, 1.165) is 0 Å². The molecule has 8 nitrogen and oxygen atoms in total. The highest BCUT2D eigenvalue weighted by Crippen LogP contribution is 2.33. The van der Waals surface area contributed by atoms with Crippen molar-refractivity contribution in [2.45, 2.75) is 0 Å². The van der Waals surface area contributed by atoms with E-state index in [1.54, 1.807) is 48.5 Å². The van der Waals surface area contributed by atoms with E-state index < -0.39 is 12.3 Å². The first-order chi connectivity index (χ1) is 13.5. The second-order valence-corrected chi connectivity index (χ2v) is 5.78. The zero-order valence-electron chi connectivity index (χ0n) is 14.2. The van der Waals surface area contributed by atoms with Crippen molar-refractivity contribution in [1.82, 2.24) is 9.97 Å². The van der Waals surface area contributed by atoms with Crippen LogP contribution >= 0.6 is 0 Å². The van der Waals surface area contributed by atoms with Crippen molar-refractivity contribution >= 4 is 34.1 Å². The number of benzene rings is 2.